The molecule has 0 aliphatic heterocycles. The van der Waals surface area contributed by atoms with Crippen molar-refractivity contribution in [3.63, 3.8) is 0 Å². The van der Waals surface area contributed by atoms with Gasteiger partial charge in [0.1, 0.15) is 0 Å². The molecule has 24 heavy (non-hydrogen) atoms. The van der Waals surface area contributed by atoms with Crippen molar-refractivity contribution in [3.05, 3.63) is 70.8 Å². The third kappa shape index (κ3) is 5.91. The first-order valence-electron chi connectivity index (χ1n) is 7.84. The van der Waals surface area contributed by atoms with E-state index in [0.29, 0.717) is 17.9 Å². The van der Waals surface area contributed by atoms with Crippen LogP contribution in [0.5, 0.6) is 0 Å². The van der Waals surface area contributed by atoms with Crippen LogP contribution >= 0.6 is 0 Å². The molecule has 0 saturated heterocycles. The van der Waals surface area contributed by atoms with Crippen LogP contribution in [0.3, 0.4) is 0 Å². The quantitative estimate of drug-likeness (QED) is 0.840. The summed E-state index contributed by atoms with van der Waals surface area (Å²) in [4.78, 5) is 14.4. The Morgan fingerprint density at radius 3 is 2.33 bits per heavy atom. The van der Waals surface area contributed by atoms with Crippen molar-refractivity contribution in [2.24, 2.45) is 0 Å². The molecule has 128 valence electrons. The molecular weight excluding hydrogens is 320 g/mol. The van der Waals surface area contributed by atoms with Crippen LogP contribution in [0.2, 0.25) is 0 Å². The smallest absolute Gasteiger partial charge is 0.251 e. The molecule has 0 radical (unpaired) electrons. The predicted octanol–water partition coefficient (Wildman–Crippen LogP) is 2.56. The normalized spacial score (nSPS) is 12.2. The zero-order valence-electron chi connectivity index (χ0n) is 14.4. The minimum absolute atomic E-state index is 0.115. The van der Waals surface area contributed by atoms with E-state index in [9.17, 15) is 9.00 Å². The summed E-state index contributed by atoms with van der Waals surface area (Å²) in [5.41, 5.74) is 3.82. The number of amides is 1. The largest absolute Gasteiger partial charge is 0.348 e. The minimum atomic E-state index is -0.913. The van der Waals surface area contributed by atoms with Gasteiger partial charge in [-0.15, -0.1) is 0 Å². The van der Waals surface area contributed by atoms with E-state index in [1.165, 1.54) is 5.56 Å². The fraction of sp³-hybridized carbons (Fsp3) is 0.316. The third-order valence-corrected chi connectivity index (χ3v) is 4.27. The average molecular weight is 344 g/mol. The molecule has 0 fully saturated rings. The van der Waals surface area contributed by atoms with Crippen LogP contribution in [0, 0.1) is 0 Å². The fourth-order valence-corrected chi connectivity index (χ4v) is 3.10. The first kappa shape index (κ1) is 18.4. The van der Waals surface area contributed by atoms with Crippen molar-refractivity contribution < 1.29 is 9.00 Å². The van der Waals surface area contributed by atoms with Gasteiger partial charge in [0.25, 0.3) is 5.91 Å². The number of carbonyl (C=O) groups is 1. The second-order valence-electron chi connectivity index (χ2n) is 6.15. The van der Waals surface area contributed by atoms with Gasteiger partial charge in [0.2, 0.25) is 0 Å². The lowest BCUT2D eigenvalue weighted by Gasteiger charge is -2.11. The van der Waals surface area contributed by atoms with Gasteiger partial charge < -0.3 is 10.2 Å². The van der Waals surface area contributed by atoms with Crippen molar-refractivity contribution in [2.75, 3.05) is 20.4 Å². The topological polar surface area (TPSA) is 49.4 Å². The second kappa shape index (κ2) is 8.76. The second-order valence-corrected chi connectivity index (χ2v) is 7.59. The number of benzene rings is 2. The maximum Gasteiger partial charge on any atom is 0.251 e. The molecule has 0 saturated carbocycles. The van der Waals surface area contributed by atoms with Gasteiger partial charge in [-0.3, -0.25) is 9.00 Å². The Bertz CT molecular complexity index is 712. The first-order valence-corrected chi connectivity index (χ1v) is 9.56. The van der Waals surface area contributed by atoms with Crippen LogP contribution in [0.1, 0.15) is 27.0 Å². The zero-order valence-corrected chi connectivity index (χ0v) is 15.2. The van der Waals surface area contributed by atoms with Crippen LogP contribution in [-0.2, 0) is 29.6 Å². The summed E-state index contributed by atoms with van der Waals surface area (Å²) in [6.07, 6.45) is 1.66. The van der Waals surface area contributed by atoms with E-state index in [2.05, 4.69) is 22.3 Å². The Hall–Kier alpha value is -1.98. The molecule has 0 spiro atoms. The van der Waals surface area contributed by atoms with Gasteiger partial charge in [-0.05, 0) is 42.9 Å². The number of hydrogen-bond donors (Lipinski definition) is 1. The summed E-state index contributed by atoms with van der Waals surface area (Å²) >= 11 is 0. The lowest BCUT2D eigenvalue weighted by atomic mass is 10.1. The molecule has 2 aromatic rings. The number of carbonyl (C=O) groups excluding carboxylic acids is 1. The molecule has 0 heterocycles. The number of nitrogens with one attached hydrogen (secondary N) is 1. The van der Waals surface area contributed by atoms with Gasteiger partial charge >= 0.3 is 0 Å². The molecule has 0 aliphatic rings. The van der Waals surface area contributed by atoms with Crippen LogP contribution in [0.25, 0.3) is 0 Å². The summed E-state index contributed by atoms with van der Waals surface area (Å²) in [5.74, 6) is 0.352. The molecule has 0 aliphatic carbocycles. The van der Waals surface area contributed by atoms with Crippen molar-refractivity contribution in [1.29, 1.82) is 0 Å². The van der Waals surface area contributed by atoms with Gasteiger partial charge in [-0.1, -0.05) is 36.4 Å². The maximum atomic E-state index is 12.3. The summed E-state index contributed by atoms with van der Waals surface area (Å²) < 4.78 is 11.3. The van der Waals surface area contributed by atoms with Gasteiger partial charge in [0.15, 0.2) is 0 Å². The third-order valence-electron chi connectivity index (χ3n) is 3.53. The molecule has 1 atom stereocenters. The fourth-order valence-electron chi connectivity index (χ4n) is 2.45. The molecule has 2 rings (SSSR count). The lowest BCUT2D eigenvalue weighted by molar-refractivity contribution is 0.0951. The van der Waals surface area contributed by atoms with Gasteiger partial charge in [0, 0.05) is 41.5 Å². The Morgan fingerprint density at radius 2 is 1.71 bits per heavy atom. The van der Waals surface area contributed by atoms with E-state index >= 15 is 0 Å². The van der Waals surface area contributed by atoms with Gasteiger partial charge in [0.05, 0.1) is 0 Å². The van der Waals surface area contributed by atoms with Crippen LogP contribution in [0.15, 0.2) is 48.5 Å². The van der Waals surface area contributed by atoms with E-state index in [4.69, 9.17) is 0 Å². The number of nitrogens with zero attached hydrogens (tertiary/aromatic N) is 1. The highest BCUT2D eigenvalue weighted by Gasteiger charge is 2.07. The van der Waals surface area contributed by atoms with Gasteiger partial charge in [-0.2, -0.15) is 0 Å². The highest BCUT2D eigenvalue weighted by molar-refractivity contribution is 7.83. The van der Waals surface area contributed by atoms with E-state index in [0.717, 1.165) is 17.7 Å². The van der Waals surface area contributed by atoms with Crippen molar-refractivity contribution in [2.45, 2.75) is 18.8 Å². The zero-order chi connectivity index (χ0) is 17.5. The standard InChI is InChI=1S/C19H24N2O2S/c1-21(2)13-16-9-7-15(8-10-16)12-20-19(22)18-6-4-5-17(11-18)14-24(3)23/h4-11H,12-14H2,1-3H3,(H,20,22). The monoisotopic (exact) mass is 344 g/mol. The highest BCUT2D eigenvalue weighted by Crippen LogP contribution is 2.09. The van der Waals surface area contributed by atoms with E-state index in [1.807, 2.05) is 38.4 Å². The maximum absolute atomic E-state index is 12.3. The molecule has 1 amide bonds. The van der Waals surface area contributed by atoms with E-state index in [-0.39, 0.29) is 5.91 Å². The summed E-state index contributed by atoms with van der Waals surface area (Å²) in [7, 11) is 3.16. The lowest BCUT2D eigenvalue weighted by Crippen LogP contribution is -2.23. The van der Waals surface area contributed by atoms with Crippen LogP contribution in [-0.4, -0.2) is 35.4 Å². The van der Waals surface area contributed by atoms with Crippen molar-refractivity contribution in [1.82, 2.24) is 10.2 Å². The summed E-state index contributed by atoms with van der Waals surface area (Å²) in [6.45, 7) is 1.39. The summed E-state index contributed by atoms with van der Waals surface area (Å²) in [5, 5.41) is 2.93. The molecule has 1 N–H and O–H groups in total. The molecule has 4 nitrogen and oxygen atoms in total. The SMILES string of the molecule is CN(C)Cc1ccc(CNC(=O)c2cccc(CS(C)=O)c2)cc1. The Morgan fingerprint density at radius 1 is 1.04 bits per heavy atom. The molecule has 2 aromatic carbocycles. The number of hydrogen-bond acceptors (Lipinski definition) is 3. The molecule has 1 unspecified atom stereocenters. The van der Waals surface area contributed by atoms with E-state index < -0.39 is 10.8 Å². The first-order chi connectivity index (χ1) is 11.4. The minimum Gasteiger partial charge on any atom is -0.348 e. The Kier molecular flexibility index (Phi) is 6.70. The molecular formula is C19H24N2O2S. The van der Waals surface area contributed by atoms with Crippen molar-refractivity contribution >= 4 is 16.7 Å². The summed E-state index contributed by atoms with van der Waals surface area (Å²) in [6, 6.07) is 15.5. The average Bonchev–Trinajstić information content (AvgIpc) is 2.53. The molecule has 5 heteroatoms. The Balaban J connectivity index is 1.94. The Labute approximate surface area is 146 Å². The highest BCUT2D eigenvalue weighted by atomic mass is 32.2. The van der Waals surface area contributed by atoms with Crippen molar-refractivity contribution in [3.8, 4) is 0 Å². The van der Waals surface area contributed by atoms with Crippen LogP contribution < -0.4 is 5.32 Å². The molecule has 0 bridgehead atoms. The van der Waals surface area contributed by atoms with E-state index in [1.54, 1.807) is 18.4 Å². The van der Waals surface area contributed by atoms with Crippen LogP contribution in [0.4, 0.5) is 0 Å². The predicted molar refractivity (Wildman–Crippen MR) is 99.2 cm³/mol. The number of rotatable bonds is 7. The molecule has 0 aromatic heterocycles. The van der Waals surface area contributed by atoms with Gasteiger partial charge in [-0.25, -0.2) is 0 Å².